The summed E-state index contributed by atoms with van der Waals surface area (Å²) in [6, 6.07) is 4.80. The van der Waals surface area contributed by atoms with E-state index in [1.165, 1.54) is 0 Å². The Morgan fingerprint density at radius 2 is 1.89 bits per heavy atom. The van der Waals surface area contributed by atoms with E-state index in [1.807, 2.05) is 0 Å². The van der Waals surface area contributed by atoms with Crippen molar-refractivity contribution in [3.05, 3.63) is 65.2 Å². The van der Waals surface area contributed by atoms with E-state index in [4.69, 9.17) is 5.73 Å². The number of aromatic nitrogens is 1. The van der Waals surface area contributed by atoms with Gasteiger partial charge in [-0.3, -0.25) is 4.98 Å². The molecule has 5 heteroatoms. The van der Waals surface area contributed by atoms with Crippen LogP contribution in [0.15, 0.2) is 36.7 Å². The third-order valence-electron chi connectivity index (χ3n) is 2.64. The van der Waals surface area contributed by atoms with Gasteiger partial charge in [0.2, 0.25) is 0 Å². The molecular formula is C13H11F3N2. The highest BCUT2D eigenvalue weighted by atomic mass is 19.2. The molecule has 0 aliphatic heterocycles. The summed E-state index contributed by atoms with van der Waals surface area (Å²) in [7, 11) is 0. The zero-order valence-electron chi connectivity index (χ0n) is 9.41. The van der Waals surface area contributed by atoms with E-state index in [-0.39, 0.29) is 5.56 Å². The molecule has 2 aromatic rings. The first kappa shape index (κ1) is 12.6. The quantitative estimate of drug-likeness (QED) is 0.853. The number of nitrogens with zero attached hydrogens (tertiary/aromatic N) is 1. The molecule has 94 valence electrons. The van der Waals surface area contributed by atoms with Gasteiger partial charge < -0.3 is 5.73 Å². The minimum Gasteiger partial charge on any atom is -0.324 e. The number of hydrogen-bond acceptors (Lipinski definition) is 2. The van der Waals surface area contributed by atoms with Gasteiger partial charge in [-0.1, -0.05) is 12.1 Å². The maximum absolute atomic E-state index is 13.5. The Kier molecular flexibility index (Phi) is 3.62. The highest BCUT2D eigenvalue weighted by molar-refractivity contribution is 5.25. The number of pyridine rings is 1. The highest BCUT2D eigenvalue weighted by Crippen LogP contribution is 2.22. The molecule has 2 rings (SSSR count). The number of rotatable bonds is 3. The standard InChI is InChI=1S/C13H11F3N2/c14-10-4-3-9(12(15)13(10)16)11(17)6-8-2-1-5-18-7-8/h1-5,7,11H,6,17H2. The van der Waals surface area contributed by atoms with Crippen LogP contribution in [0.25, 0.3) is 0 Å². The van der Waals surface area contributed by atoms with E-state index in [0.29, 0.717) is 6.42 Å². The van der Waals surface area contributed by atoms with E-state index < -0.39 is 23.5 Å². The van der Waals surface area contributed by atoms with Crippen molar-refractivity contribution in [3.63, 3.8) is 0 Å². The molecule has 0 fully saturated rings. The van der Waals surface area contributed by atoms with Gasteiger partial charge in [0, 0.05) is 24.0 Å². The molecule has 0 aliphatic carbocycles. The molecule has 0 saturated carbocycles. The van der Waals surface area contributed by atoms with Crippen LogP contribution < -0.4 is 5.73 Å². The number of benzene rings is 1. The van der Waals surface area contributed by atoms with Crippen LogP contribution in [0, 0.1) is 17.5 Å². The highest BCUT2D eigenvalue weighted by Gasteiger charge is 2.18. The smallest absolute Gasteiger partial charge is 0.194 e. The van der Waals surface area contributed by atoms with Crippen molar-refractivity contribution in [1.82, 2.24) is 4.98 Å². The lowest BCUT2D eigenvalue weighted by Gasteiger charge is -2.13. The second kappa shape index (κ2) is 5.18. The monoisotopic (exact) mass is 252 g/mol. The molecule has 2 nitrogen and oxygen atoms in total. The van der Waals surface area contributed by atoms with Crippen LogP contribution in [0.4, 0.5) is 13.2 Å². The predicted octanol–water partition coefficient (Wildman–Crippen LogP) is 2.74. The average molecular weight is 252 g/mol. The average Bonchev–Trinajstić information content (AvgIpc) is 2.37. The number of nitrogens with two attached hydrogens (primary N) is 1. The molecule has 1 aromatic heterocycles. The molecular weight excluding hydrogens is 241 g/mol. The lowest BCUT2D eigenvalue weighted by atomic mass is 10.00. The van der Waals surface area contributed by atoms with E-state index in [0.717, 1.165) is 17.7 Å². The summed E-state index contributed by atoms with van der Waals surface area (Å²) in [6.07, 6.45) is 3.50. The van der Waals surface area contributed by atoms with Crippen molar-refractivity contribution in [2.45, 2.75) is 12.5 Å². The topological polar surface area (TPSA) is 38.9 Å². The molecule has 18 heavy (non-hydrogen) atoms. The number of halogens is 3. The minimum absolute atomic E-state index is 0.0437. The SMILES string of the molecule is NC(Cc1cccnc1)c1ccc(F)c(F)c1F. The summed E-state index contributed by atoms with van der Waals surface area (Å²) in [5.74, 6) is -3.94. The first-order chi connectivity index (χ1) is 8.59. The summed E-state index contributed by atoms with van der Waals surface area (Å²) in [5, 5.41) is 0. The normalized spacial score (nSPS) is 12.4. The van der Waals surface area contributed by atoms with Gasteiger partial charge in [-0.15, -0.1) is 0 Å². The predicted molar refractivity (Wildman–Crippen MR) is 61.2 cm³/mol. The van der Waals surface area contributed by atoms with Crippen LogP contribution >= 0.6 is 0 Å². The van der Waals surface area contributed by atoms with Gasteiger partial charge in [0.1, 0.15) is 0 Å². The fraction of sp³-hybridized carbons (Fsp3) is 0.154. The fourth-order valence-corrected chi connectivity index (χ4v) is 1.71. The maximum atomic E-state index is 13.5. The Morgan fingerprint density at radius 3 is 2.56 bits per heavy atom. The fourth-order valence-electron chi connectivity index (χ4n) is 1.71. The molecule has 0 aliphatic rings. The van der Waals surface area contributed by atoms with Crippen molar-refractivity contribution in [1.29, 1.82) is 0 Å². The molecule has 0 bridgehead atoms. The Labute approximate surface area is 102 Å². The molecule has 2 N–H and O–H groups in total. The van der Waals surface area contributed by atoms with E-state index >= 15 is 0 Å². The van der Waals surface area contributed by atoms with Crippen molar-refractivity contribution in [3.8, 4) is 0 Å². The van der Waals surface area contributed by atoms with Crippen LogP contribution in [0.1, 0.15) is 17.2 Å². The Morgan fingerprint density at radius 1 is 1.11 bits per heavy atom. The second-order valence-corrected chi connectivity index (χ2v) is 3.94. The van der Waals surface area contributed by atoms with Crippen LogP contribution in [0.5, 0.6) is 0 Å². The van der Waals surface area contributed by atoms with Crippen LogP contribution in [0.2, 0.25) is 0 Å². The van der Waals surface area contributed by atoms with Crippen LogP contribution in [-0.2, 0) is 6.42 Å². The van der Waals surface area contributed by atoms with Crippen molar-refractivity contribution >= 4 is 0 Å². The molecule has 0 amide bonds. The first-order valence-electron chi connectivity index (χ1n) is 5.37. The van der Waals surface area contributed by atoms with E-state index in [9.17, 15) is 13.2 Å². The van der Waals surface area contributed by atoms with E-state index in [1.54, 1.807) is 24.5 Å². The Hall–Kier alpha value is -1.88. The largest absolute Gasteiger partial charge is 0.324 e. The zero-order valence-corrected chi connectivity index (χ0v) is 9.41. The van der Waals surface area contributed by atoms with Crippen molar-refractivity contribution < 1.29 is 13.2 Å². The molecule has 0 radical (unpaired) electrons. The molecule has 1 aromatic carbocycles. The first-order valence-corrected chi connectivity index (χ1v) is 5.37. The summed E-state index contributed by atoms with van der Waals surface area (Å²) in [4.78, 5) is 3.90. The lowest BCUT2D eigenvalue weighted by Crippen LogP contribution is -2.16. The van der Waals surface area contributed by atoms with Gasteiger partial charge >= 0.3 is 0 Å². The number of hydrogen-bond donors (Lipinski definition) is 1. The summed E-state index contributed by atoms with van der Waals surface area (Å²) in [5.41, 5.74) is 6.55. The second-order valence-electron chi connectivity index (χ2n) is 3.94. The molecule has 0 spiro atoms. The molecule has 1 unspecified atom stereocenters. The minimum atomic E-state index is -1.49. The lowest BCUT2D eigenvalue weighted by molar-refractivity contribution is 0.435. The van der Waals surface area contributed by atoms with Gasteiger partial charge in [-0.2, -0.15) is 0 Å². The van der Waals surface area contributed by atoms with Crippen molar-refractivity contribution in [2.24, 2.45) is 5.73 Å². The Balaban J connectivity index is 2.24. The van der Waals surface area contributed by atoms with Gasteiger partial charge in [0.05, 0.1) is 0 Å². The van der Waals surface area contributed by atoms with E-state index in [2.05, 4.69) is 4.98 Å². The van der Waals surface area contributed by atoms with Crippen molar-refractivity contribution in [2.75, 3.05) is 0 Å². The third-order valence-corrected chi connectivity index (χ3v) is 2.64. The molecule has 1 atom stereocenters. The summed E-state index contributed by atoms with van der Waals surface area (Å²) < 4.78 is 39.4. The van der Waals surface area contributed by atoms with Gasteiger partial charge in [-0.05, 0) is 24.1 Å². The van der Waals surface area contributed by atoms with Crippen LogP contribution in [-0.4, -0.2) is 4.98 Å². The zero-order chi connectivity index (χ0) is 13.1. The molecule has 1 heterocycles. The van der Waals surface area contributed by atoms with Gasteiger partial charge in [-0.25, -0.2) is 13.2 Å². The maximum Gasteiger partial charge on any atom is 0.194 e. The molecule has 0 saturated heterocycles. The van der Waals surface area contributed by atoms with Gasteiger partial charge in [0.15, 0.2) is 17.5 Å². The Bertz CT molecular complexity index is 543. The van der Waals surface area contributed by atoms with Crippen LogP contribution in [0.3, 0.4) is 0 Å². The van der Waals surface area contributed by atoms with Gasteiger partial charge in [0.25, 0.3) is 0 Å². The summed E-state index contributed by atoms with van der Waals surface area (Å²) >= 11 is 0. The summed E-state index contributed by atoms with van der Waals surface area (Å²) in [6.45, 7) is 0. The third kappa shape index (κ3) is 2.51.